The molecule has 1 aliphatic heterocycles. The highest BCUT2D eigenvalue weighted by molar-refractivity contribution is 5.81. The van der Waals surface area contributed by atoms with Crippen molar-refractivity contribution in [3.63, 3.8) is 0 Å². The highest BCUT2D eigenvalue weighted by Gasteiger charge is 2.19. The number of hydrogen-bond donors (Lipinski definition) is 0. The maximum absolute atomic E-state index is 12.7. The standard InChI is InChI=1S/C19H20N4O/c1-13-3-5-17-15(9-13)10-21-23(19(17)24)16-4-6-18(20-11-16)22-8-7-14(2)12-22/h3-6,9-11,14H,7-8,12H2,1-2H3. The summed E-state index contributed by atoms with van der Waals surface area (Å²) in [5.41, 5.74) is 1.70. The first kappa shape index (κ1) is 14.9. The molecule has 4 rings (SSSR count). The highest BCUT2D eigenvalue weighted by atomic mass is 16.1. The molecule has 1 atom stereocenters. The number of nitrogens with zero attached hydrogens (tertiary/aromatic N) is 4. The summed E-state index contributed by atoms with van der Waals surface area (Å²) in [4.78, 5) is 19.5. The first-order chi connectivity index (χ1) is 11.6. The van der Waals surface area contributed by atoms with Gasteiger partial charge < -0.3 is 4.90 Å². The zero-order valence-electron chi connectivity index (χ0n) is 13.9. The van der Waals surface area contributed by atoms with Gasteiger partial charge in [-0.05, 0) is 43.5 Å². The lowest BCUT2D eigenvalue weighted by atomic mass is 10.1. The lowest BCUT2D eigenvalue weighted by Gasteiger charge is -2.17. The second kappa shape index (κ2) is 5.74. The van der Waals surface area contributed by atoms with Crippen molar-refractivity contribution < 1.29 is 0 Å². The molecule has 0 amide bonds. The van der Waals surface area contributed by atoms with E-state index in [-0.39, 0.29) is 5.56 Å². The van der Waals surface area contributed by atoms with E-state index in [0.29, 0.717) is 17.0 Å². The largest absolute Gasteiger partial charge is 0.356 e. The van der Waals surface area contributed by atoms with E-state index < -0.39 is 0 Å². The Morgan fingerprint density at radius 2 is 2.04 bits per heavy atom. The molecule has 0 N–H and O–H groups in total. The maximum atomic E-state index is 12.7. The summed E-state index contributed by atoms with van der Waals surface area (Å²) in [5.74, 6) is 1.67. The minimum absolute atomic E-state index is 0.114. The van der Waals surface area contributed by atoms with Crippen LogP contribution < -0.4 is 10.5 Å². The number of pyridine rings is 1. The molecule has 122 valence electrons. The Bertz CT molecular complexity index is 946. The first-order valence-electron chi connectivity index (χ1n) is 8.32. The van der Waals surface area contributed by atoms with Crippen LogP contribution in [-0.4, -0.2) is 27.9 Å². The Balaban J connectivity index is 1.71. The lowest BCUT2D eigenvalue weighted by molar-refractivity contribution is 0.659. The molecule has 1 aromatic carbocycles. The van der Waals surface area contributed by atoms with Crippen LogP contribution in [0.15, 0.2) is 47.5 Å². The number of hydrogen-bond acceptors (Lipinski definition) is 4. The van der Waals surface area contributed by atoms with Crippen molar-refractivity contribution in [2.75, 3.05) is 18.0 Å². The normalized spacial score (nSPS) is 17.6. The molecule has 2 aromatic heterocycles. The number of fused-ring (bicyclic) bond motifs is 1. The smallest absolute Gasteiger partial charge is 0.279 e. The summed E-state index contributed by atoms with van der Waals surface area (Å²) < 4.78 is 1.42. The fourth-order valence-electron chi connectivity index (χ4n) is 3.29. The Hall–Kier alpha value is -2.69. The predicted octanol–water partition coefficient (Wildman–Crippen LogP) is 2.94. The van der Waals surface area contributed by atoms with Gasteiger partial charge in [-0.2, -0.15) is 9.78 Å². The van der Waals surface area contributed by atoms with Gasteiger partial charge in [0.2, 0.25) is 0 Å². The third-order valence-electron chi connectivity index (χ3n) is 4.67. The first-order valence-corrected chi connectivity index (χ1v) is 8.32. The van der Waals surface area contributed by atoms with E-state index in [1.165, 1.54) is 11.1 Å². The SMILES string of the molecule is Cc1ccc2c(=O)n(-c3ccc(N4CCC(C)C4)nc3)ncc2c1. The van der Waals surface area contributed by atoms with Gasteiger partial charge in [-0.3, -0.25) is 4.79 Å². The Kier molecular flexibility index (Phi) is 3.56. The van der Waals surface area contributed by atoms with Gasteiger partial charge >= 0.3 is 0 Å². The summed E-state index contributed by atoms with van der Waals surface area (Å²) in [7, 11) is 0. The molecule has 24 heavy (non-hydrogen) atoms. The lowest BCUT2D eigenvalue weighted by Crippen LogP contribution is -2.22. The molecule has 0 aliphatic carbocycles. The van der Waals surface area contributed by atoms with Crippen molar-refractivity contribution in [3.8, 4) is 5.69 Å². The van der Waals surface area contributed by atoms with Gasteiger partial charge in [0, 0.05) is 18.5 Å². The Morgan fingerprint density at radius 3 is 2.75 bits per heavy atom. The number of anilines is 1. The number of benzene rings is 1. The van der Waals surface area contributed by atoms with E-state index in [4.69, 9.17) is 0 Å². The van der Waals surface area contributed by atoms with Gasteiger partial charge in [-0.15, -0.1) is 0 Å². The van der Waals surface area contributed by atoms with Gasteiger partial charge in [-0.25, -0.2) is 4.98 Å². The second-order valence-corrected chi connectivity index (χ2v) is 6.67. The molecule has 5 nitrogen and oxygen atoms in total. The average molecular weight is 320 g/mol. The molecular formula is C19H20N4O. The summed E-state index contributed by atoms with van der Waals surface area (Å²) in [6.07, 6.45) is 4.67. The van der Waals surface area contributed by atoms with E-state index >= 15 is 0 Å². The topological polar surface area (TPSA) is 51.0 Å². The van der Waals surface area contributed by atoms with Crippen LogP contribution in [0.25, 0.3) is 16.5 Å². The maximum Gasteiger partial charge on any atom is 0.279 e. The summed E-state index contributed by atoms with van der Waals surface area (Å²) in [6.45, 7) is 6.35. The monoisotopic (exact) mass is 320 g/mol. The zero-order chi connectivity index (χ0) is 16.7. The summed E-state index contributed by atoms with van der Waals surface area (Å²) >= 11 is 0. The highest BCUT2D eigenvalue weighted by Crippen LogP contribution is 2.22. The molecule has 0 bridgehead atoms. The number of aromatic nitrogens is 3. The molecule has 1 unspecified atom stereocenters. The van der Waals surface area contributed by atoms with E-state index in [2.05, 4.69) is 21.9 Å². The van der Waals surface area contributed by atoms with Gasteiger partial charge in [-0.1, -0.05) is 18.6 Å². The van der Waals surface area contributed by atoms with Crippen molar-refractivity contribution in [2.24, 2.45) is 5.92 Å². The van der Waals surface area contributed by atoms with Crippen LogP contribution in [0.1, 0.15) is 18.9 Å². The van der Waals surface area contributed by atoms with E-state index in [9.17, 15) is 4.79 Å². The molecular weight excluding hydrogens is 300 g/mol. The molecule has 1 aliphatic rings. The van der Waals surface area contributed by atoms with Crippen molar-refractivity contribution in [3.05, 3.63) is 58.6 Å². The Morgan fingerprint density at radius 1 is 1.17 bits per heavy atom. The second-order valence-electron chi connectivity index (χ2n) is 6.67. The fourth-order valence-corrected chi connectivity index (χ4v) is 3.29. The quantitative estimate of drug-likeness (QED) is 0.728. The number of aryl methyl sites for hydroxylation is 1. The van der Waals surface area contributed by atoms with E-state index in [1.54, 1.807) is 12.4 Å². The third kappa shape index (κ3) is 2.56. The number of rotatable bonds is 2. The predicted molar refractivity (Wildman–Crippen MR) is 95.9 cm³/mol. The van der Waals surface area contributed by atoms with Crippen LogP contribution >= 0.6 is 0 Å². The van der Waals surface area contributed by atoms with E-state index in [0.717, 1.165) is 29.9 Å². The minimum Gasteiger partial charge on any atom is -0.356 e. The van der Waals surface area contributed by atoms with Crippen molar-refractivity contribution in [1.29, 1.82) is 0 Å². The fraction of sp³-hybridized carbons (Fsp3) is 0.316. The molecule has 1 saturated heterocycles. The van der Waals surface area contributed by atoms with Crippen molar-refractivity contribution >= 4 is 16.6 Å². The van der Waals surface area contributed by atoms with Crippen molar-refractivity contribution in [2.45, 2.75) is 20.3 Å². The van der Waals surface area contributed by atoms with Crippen LogP contribution in [-0.2, 0) is 0 Å². The van der Waals surface area contributed by atoms with Gasteiger partial charge in [0.05, 0.1) is 23.5 Å². The summed E-state index contributed by atoms with van der Waals surface area (Å²) in [5, 5.41) is 5.85. The molecule has 0 saturated carbocycles. The van der Waals surface area contributed by atoms with Crippen LogP contribution in [0.4, 0.5) is 5.82 Å². The van der Waals surface area contributed by atoms with Gasteiger partial charge in [0.1, 0.15) is 5.82 Å². The van der Waals surface area contributed by atoms with Gasteiger partial charge in [0.25, 0.3) is 5.56 Å². The minimum atomic E-state index is -0.114. The zero-order valence-corrected chi connectivity index (χ0v) is 13.9. The van der Waals surface area contributed by atoms with Crippen LogP contribution in [0.2, 0.25) is 0 Å². The third-order valence-corrected chi connectivity index (χ3v) is 4.67. The molecule has 0 spiro atoms. The molecule has 0 radical (unpaired) electrons. The van der Waals surface area contributed by atoms with Crippen LogP contribution in [0, 0.1) is 12.8 Å². The molecule has 3 heterocycles. The molecule has 3 aromatic rings. The molecule has 5 heteroatoms. The summed E-state index contributed by atoms with van der Waals surface area (Å²) in [6, 6.07) is 9.67. The Labute approximate surface area is 140 Å². The van der Waals surface area contributed by atoms with Gasteiger partial charge in [0.15, 0.2) is 0 Å². The van der Waals surface area contributed by atoms with Crippen molar-refractivity contribution in [1.82, 2.24) is 14.8 Å². The average Bonchev–Trinajstić information content (AvgIpc) is 3.02. The molecule has 1 fully saturated rings. The van der Waals surface area contributed by atoms with Crippen LogP contribution in [0.3, 0.4) is 0 Å². The van der Waals surface area contributed by atoms with Crippen LogP contribution in [0.5, 0.6) is 0 Å². The van der Waals surface area contributed by atoms with E-state index in [1.807, 2.05) is 37.3 Å².